The Balaban J connectivity index is 2.02. The number of amides is 1. The molecule has 134 valence electrons. The van der Waals surface area contributed by atoms with Crippen LogP contribution in [0.1, 0.15) is 50.2 Å². The average molecular weight is 339 g/mol. The molecule has 0 aliphatic rings. The second-order valence-electron chi connectivity index (χ2n) is 6.48. The Morgan fingerprint density at radius 3 is 2.80 bits per heavy atom. The summed E-state index contributed by atoms with van der Waals surface area (Å²) in [5.41, 5.74) is 2.06. The molecule has 0 aliphatic carbocycles. The summed E-state index contributed by atoms with van der Waals surface area (Å²) in [5.74, 6) is 0.435. The number of hydrogen-bond donors (Lipinski definition) is 2. The molecule has 0 bridgehead atoms. The molecule has 2 rings (SSSR count). The highest BCUT2D eigenvalue weighted by atomic mass is 16.3. The molecule has 0 saturated carbocycles. The van der Waals surface area contributed by atoms with Crippen molar-refractivity contribution in [3.8, 4) is 5.75 Å². The Labute approximate surface area is 150 Å². The zero-order valence-corrected chi connectivity index (χ0v) is 15.2. The van der Waals surface area contributed by atoms with Gasteiger partial charge in [0.05, 0.1) is 0 Å². The van der Waals surface area contributed by atoms with E-state index in [0.717, 1.165) is 41.2 Å². The smallest absolute Gasteiger partial charge is 0.220 e. The number of nitrogens with one attached hydrogen (secondary N) is 1. The van der Waals surface area contributed by atoms with Gasteiger partial charge < -0.3 is 10.4 Å². The van der Waals surface area contributed by atoms with Crippen LogP contribution in [0.4, 0.5) is 0 Å². The van der Waals surface area contributed by atoms with Gasteiger partial charge in [-0.25, -0.2) is 0 Å². The lowest BCUT2D eigenvalue weighted by molar-refractivity contribution is -0.121. The summed E-state index contributed by atoms with van der Waals surface area (Å²) in [6.07, 6.45) is 8.27. The second-order valence-corrected chi connectivity index (χ2v) is 6.48. The second kappa shape index (κ2) is 9.87. The molecular formula is C22H29NO2. The average Bonchev–Trinajstić information content (AvgIpc) is 2.61. The third-order valence-electron chi connectivity index (χ3n) is 4.54. The summed E-state index contributed by atoms with van der Waals surface area (Å²) in [6.45, 7) is 6.58. The quantitative estimate of drug-likeness (QED) is 0.477. The van der Waals surface area contributed by atoms with Gasteiger partial charge in [-0.05, 0) is 41.7 Å². The third-order valence-corrected chi connectivity index (χ3v) is 4.54. The number of hydrogen-bond acceptors (Lipinski definition) is 2. The van der Waals surface area contributed by atoms with E-state index in [2.05, 4.69) is 31.0 Å². The van der Waals surface area contributed by atoms with Crippen molar-refractivity contribution >= 4 is 16.7 Å². The largest absolute Gasteiger partial charge is 0.508 e. The van der Waals surface area contributed by atoms with Crippen molar-refractivity contribution < 1.29 is 9.90 Å². The monoisotopic (exact) mass is 339 g/mol. The highest BCUT2D eigenvalue weighted by Gasteiger charge is 2.10. The molecule has 0 heterocycles. The number of carbonyl (C=O) groups is 1. The van der Waals surface area contributed by atoms with Crippen LogP contribution < -0.4 is 5.32 Å². The van der Waals surface area contributed by atoms with Gasteiger partial charge in [-0.2, -0.15) is 0 Å². The topological polar surface area (TPSA) is 49.3 Å². The van der Waals surface area contributed by atoms with E-state index in [1.807, 2.05) is 18.2 Å². The summed E-state index contributed by atoms with van der Waals surface area (Å²) in [7, 11) is 0. The maximum Gasteiger partial charge on any atom is 0.220 e. The van der Waals surface area contributed by atoms with Gasteiger partial charge in [0, 0.05) is 18.5 Å². The predicted molar refractivity (Wildman–Crippen MR) is 105 cm³/mol. The molecule has 25 heavy (non-hydrogen) atoms. The molecule has 0 fully saturated rings. The van der Waals surface area contributed by atoms with Crippen LogP contribution in [0.5, 0.6) is 5.75 Å². The fourth-order valence-electron chi connectivity index (χ4n) is 3.22. The SMILES string of the molecule is C=CCc1c(O)ccc2cccc(CCNC(=O)CCCCCC)c12. The summed E-state index contributed by atoms with van der Waals surface area (Å²) in [5, 5.41) is 15.4. The molecule has 0 saturated heterocycles. The lowest BCUT2D eigenvalue weighted by Gasteiger charge is -2.13. The van der Waals surface area contributed by atoms with Gasteiger partial charge in [-0.15, -0.1) is 6.58 Å². The molecule has 2 aromatic carbocycles. The molecule has 0 spiro atoms. The molecule has 2 N–H and O–H groups in total. The van der Waals surface area contributed by atoms with Crippen LogP contribution in [0, 0.1) is 0 Å². The van der Waals surface area contributed by atoms with Crippen molar-refractivity contribution in [3.05, 3.63) is 54.1 Å². The molecular weight excluding hydrogens is 310 g/mol. The van der Waals surface area contributed by atoms with Crippen molar-refractivity contribution in [2.75, 3.05) is 6.54 Å². The maximum atomic E-state index is 11.9. The van der Waals surface area contributed by atoms with Crippen molar-refractivity contribution in [3.63, 3.8) is 0 Å². The van der Waals surface area contributed by atoms with Crippen LogP contribution in [0.25, 0.3) is 10.8 Å². The zero-order chi connectivity index (χ0) is 18.1. The van der Waals surface area contributed by atoms with Crippen LogP contribution in [0.3, 0.4) is 0 Å². The minimum Gasteiger partial charge on any atom is -0.508 e. The molecule has 3 heteroatoms. The number of phenols is 1. The lowest BCUT2D eigenvalue weighted by atomic mass is 9.95. The highest BCUT2D eigenvalue weighted by molar-refractivity contribution is 5.91. The Hall–Kier alpha value is -2.29. The van der Waals surface area contributed by atoms with E-state index < -0.39 is 0 Å². The van der Waals surface area contributed by atoms with Gasteiger partial charge in [0.25, 0.3) is 0 Å². The first-order valence-corrected chi connectivity index (χ1v) is 9.27. The summed E-state index contributed by atoms with van der Waals surface area (Å²) in [6, 6.07) is 9.83. The highest BCUT2D eigenvalue weighted by Crippen LogP contribution is 2.30. The first kappa shape index (κ1) is 19.0. The van der Waals surface area contributed by atoms with E-state index in [4.69, 9.17) is 0 Å². The van der Waals surface area contributed by atoms with Crippen LogP contribution in [-0.4, -0.2) is 17.6 Å². The number of allylic oxidation sites excluding steroid dienone is 1. The minimum atomic E-state index is 0.130. The molecule has 0 unspecified atom stereocenters. The molecule has 2 aromatic rings. The number of rotatable bonds is 10. The van der Waals surface area contributed by atoms with Gasteiger partial charge in [0.2, 0.25) is 5.91 Å². The number of unbranched alkanes of at least 4 members (excludes halogenated alkanes) is 3. The standard InChI is InChI=1S/C22H29NO2/c1-3-5-6-7-12-21(25)23-16-15-18-11-8-10-17-13-14-20(24)19(9-4-2)22(17)18/h4,8,10-11,13-14,24H,2-3,5-7,9,12,15-16H2,1H3,(H,23,25). The molecule has 0 atom stereocenters. The van der Waals surface area contributed by atoms with Gasteiger partial charge >= 0.3 is 0 Å². The van der Waals surface area contributed by atoms with Crippen LogP contribution in [0.2, 0.25) is 0 Å². The fourth-order valence-corrected chi connectivity index (χ4v) is 3.22. The molecule has 0 aromatic heterocycles. The van der Waals surface area contributed by atoms with Crippen molar-refractivity contribution in [1.82, 2.24) is 5.32 Å². The van der Waals surface area contributed by atoms with E-state index in [9.17, 15) is 9.90 Å². The normalized spacial score (nSPS) is 10.8. The molecule has 3 nitrogen and oxygen atoms in total. The molecule has 1 amide bonds. The van der Waals surface area contributed by atoms with E-state index in [0.29, 0.717) is 25.1 Å². The van der Waals surface area contributed by atoms with Crippen molar-refractivity contribution in [2.24, 2.45) is 0 Å². The first-order valence-electron chi connectivity index (χ1n) is 9.27. The Bertz CT molecular complexity index is 721. The minimum absolute atomic E-state index is 0.130. The number of phenolic OH excluding ortho intramolecular Hbond substituents is 1. The summed E-state index contributed by atoms with van der Waals surface area (Å²) >= 11 is 0. The number of carbonyl (C=O) groups excluding carboxylic acids is 1. The van der Waals surface area contributed by atoms with Crippen molar-refractivity contribution in [2.45, 2.75) is 51.9 Å². The fraction of sp³-hybridized carbons (Fsp3) is 0.409. The number of benzene rings is 2. The lowest BCUT2D eigenvalue weighted by Crippen LogP contribution is -2.25. The van der Waals surface area contributed by atoms with E-state index in [1.165, 1.54) is 12.8 Å². The number of fused-ring (bicyclic) bond motifs is 1. The van der Waals surface area contributed by atoms with Gasteiger partial charge in [-0.3, -0.25) is 4.79 Å². The van der Waals surface area contributed by atoms with E-state index >= 15 is 0 Å². The van der Waals surface area contributed by atoms with E-state index in [-0.39, 0.29) is 5.91 Å². The maximum absolute atomic E-state index is 11.9. The van der Waals surface area contributed by atoms with Gasteiger partial charge in [0.15, 0.2) is 0 Å². The molecule has 0 aliphatic heterocycles. The van der Waals surface area contributed by atoms with Gasteiger partial charge in [-0.1, -0.05) is 56.5 Å². The van der Waals surface area contributed by atoms with E-state index in [1.54, 1.807) is 6.07 Å². The number of aromatic hydroxyl groups is 1. The van der Waals surface area contributed by atoms with Crippen LogP contribution >= 0.6 is 0 Å². The van der Waals surface area contributed by atoms with Gasteiger partial charge in [0.1, 0.15) is 5.75 Å². The predicted octanol–water partition coefficient (Wildman–Crippen LogP) is 4.90. The molecule has 0 radical (unpaired) electrons. The summed E-state index contributed by atoms with van der Waals surface area (Å²) in [4.78, 5) is 11.9. The van der Waals surface area contributed by atoms with Crippen LogP contribution in [0.15, 0.2) is 43.0 Å². The van der Waals surface area contributed by atoms with Crippen molar-refractivity contribution in [1.29, 1.82) is 0 Å². The third kappa shape index (κ3) is 5.35. The summed E-state index contributed by atoms with van der Waals surface area (Å²) < 4.78 is 0. The Morgan fingerprint density at radius 1 is 1.20 bits per heavy atom. The Morgan fingerprint density at radius 2 is 2.04 bits per heavy atom. The van der Waals surface area contributed by atoms with Crippen LogP contribution in [-0.2, 0) is 17.6 Å². The Kier molecular flexibility index (Phi) is 7.52. The first-order chi connectivity index (χ1) is 12.2. The zero-order valence-electron chi connectivity index (χ0n) is 15.2.